The van der Waals surface area contributed by atoms with E-state index in [0.717, 1.165) is 32.3 Å². The second-order valence-corrected chi connectivity index (χ2v) is 7.54. The highest BCUT2D eigenvalue weighted by atomic mass is 79.9. The van der Waals surface area contributed by atoms with Gasteiger partial charge in [0.15, 0.2) is 22.5 Å². The number of ether oxygens (including phenoxy) is 2. The first-order valence-electron chi connectivity index (χ1n) is 7.98. The summed E-state index contributed by atoms with van der Waals surface area (Å²) in [6.07, 6.45) is 0. The lowest BCUT2D eigenvalue weighted by molar-refractivity contribution is 0.171. The van der Waals surface area contributed by atoms with Gasteiger partial charge in [-0.1, -0.05) is 27.7 Å². The smallest absolute Gasteiger partial charge is 0.191 e. The number of fused-ring (bicyclic) bond motifs is 1. The highest BCUT2D eigenvalue weighted by Crippen LogP contribution is 2.37. The van der Waals surface area contributed by atoms with Crippen molar-refractivity contribution in [3.05, 3.63) is 52.3 Å². The van der Waals surface area contributed by atoms with E-state index in [1.54, 1.807) is 23.9 Å². The Labute approximate surface area is 162 Å². The number of rotatable bonds is 4. The number of aromatic nitrogens is 3. The summed E-state index contributed by atoms with van der Waals surface area (Å²) in [4.78, 5) is 0. The normalized spacial score (nSPS) is 13.0. The Hall–Kier alpha value is -2.06. The summed E-state index contributed by atoms with van der Waals surface area (Å²) >= 11 is 5.16. The van der Waals surface area contributed by atoms with E-state index in [9.17, 15) is 4.39 Å². The molecule has 0 bridgehead atoms. The molecule has 8 heteroatoms. The molecule has 0 spiro atoms. The van der Waals surface area contributed by atoms with Crippen molar-refractivity contribution >= 4 is 27.7 Å². The Morgan fingerprint density at radius 1 is 1.12 bits per heavy atom. The molecule has 0 radical (unpaired) electrons. The molecule has 5 nitrogen and oxygen atoms in total. The number of benzene rings is 2. The summed E-state index contributed by atoms with van der Waals surface area (Å²) in [5.41, 5.74) is 1.92. The molecular weight excluding hydrogens is 421 g/mol. The van der Waals surface area contributed by atoms with Crippen LogP contribution in [-0.2, 0) is 12.8 Å². The van der Waals surface area contributed by atoms with Crippen LogP contribution < -0.4 is 9.47 Å². The molecule has 134 valence electrons. The second kappa shape index (κ2) is 7.28. The zero-order chi connectivity index (χ0) is 18.1. The van der Waals surface area contributed by atoms with E-state index in [-0.39, 0.29) is 5.82 Å². The van der Waals surface area contributed by atoms with Gasteiger partial charge < -0.3 is 14.0 Å². The molecule has 0 saturated heterocycles. The highest BCUT2D eigenvalue weighted by Gasteiger charge is 2.16. The molecule has 0 fully saturated rings. The van der Waals surface area contributed by atoms with Crippen molar-refractivity contribution in [3.8, 4) is 22.9 Å². The molecule has 0 N–H and O–H groups in total. The maximum atomic E-state index is 13.1. The largest absolute Gasteiger partial charge is 0.486 e. The van der Waals surface area contributed by atoms with Gasteiger partial charge >= 0.3 is 0 Å². The van der Waals surface area contributed by atoms with Crippen molar-refractivity contribution in [1.29, 1.82) is 0 Å². The van der Waals surface area contributed by atoms with E-state index in [1.165, 1.54) is 12.1 Å². The van der Waals surface area contributed by atoms with E-state index < -0.39 is 0 Å². The van der Waals surface area contributed by atoms with Crippen molar-refractivity contribution < 1.29 is 13.9 Å². The van der Waals surface area contributed by atoms with Crippen LogP contribution >= 0.6 is 27.7 Å². The predicted molar refractivity (Wildman–Crippen MR) is 101 cm³/mol. The summed E-state index contributed by atoms with van der Waals surface area (Å²) in [7, 11) is 1.90. The summed E-state index contributed by atoms with van der Waals surface area (Å²) in [6.45, 7) is 1.13. The third-order valence-electron chi connectivity index (χ3n) is 4.01. The van der Waals surface area contributed by atoms with Crippen molar-refractivity contribution in [3.63, 3.8) is 0 Å². The quantitative estimate of drug-likeness (QED) is 0.566. The molecule has 0 atom stereocenters. The van der Waals surface area contributed by atoms with E-state index in [2.05, 4.69) is 26.1 Å². The molecule has 0 aliphatic carbocycles. The van der Waals surface area contributed by atoms with Gasteiger partial charge in [-0.2, -0.15) is 0 Å². The molecule has 0 unspecified atom stereocenters. The average molecular weight is 436 g/mol. The molecule has 0 saturated carbocycles. The molecule has 1 aliphatic rings. The fourth-order valence-corrected chi connectivity index (χ4v) is 4.20. The predicted octanol–water partition coefficient (Wildman–Crippen LogP) is 4.45. The van der Waals surface area contributed by atoms with E-state index in [4.69, 9.17) is 9.47 Å². The summed E-state index contributed by atoms with van der Waals surface area (Å²) in [5.74, 6) is 2.66. The van der Waals surface area contributed by atoms with Gasteiger partial charge in [-0.25, -0.2) is 4.39 Å². The minimum absolute atomic E-state index is 0.269. The Morgan fingerprint density at radius 2 is 1.81 bits per heavy atom. The number of nitrogens with zero attached hydrogens (tertiary/aromatic N) is 3. The highest BCUT2D eigenvalue weighted by molar-refractivity contribution is 9.10. The fourth-order valence-electron chi connectivity index (χ4n) is 2.65. The Balaban J connectivity index is 1.53. The Bertz CT molecular complexity index is 946. The standard InChI is InChI=1S/C18H15BrFN3O2S/c1-23-17(11-2-4-13(20)5-3-11)21-22-18(23)26-10-12-8-15-16(9-14(12)19)25-7-6-24-15/h2-5,8-9H,6-7,10H2,1H3. The minimum atomic E-state index is -0.269. The van der Waals surface area contributed by atoms with Crippen LogP contribution in [0.3, 0.4) is 0 Å². The van der Waals surface area contributed by atoms with Crippen LogP contribution in [0.25, 0.3) is 11.4 Å². The van der Waals surface area contributed by atoms with Crippen LogP contribution in [0.15, 0.2) is 46.0 Å². The number of halogens is 2. The van der Waals surface area contributed by atoms with Gasteiger partial charge in [-0.15, -0.1) is 10.2 Å². The average Bonchev–Trinajstić information content (AvgIpc) is 3.01. The first-order valence-corrected chi connectivity index (χ1v) is 9.76. The van der Waals surface area contributed by atoms with E-state index in [1.807, 2.05) is 23.7 Å². The molecule has 0 amide bonds. The lowest BCUT2D eigenvalue weighted by Gasteiger charge is -2.19. The van der Waals surface area contributed by atoms with Crippen molar-refractivity contribution in [1.82, 2.24) is 14.8 Å². The van der Waals surface area contributed by atoms with Gasteiger partial charge in [-0.05, 0) is 42.0 Å². The van der Waals surface area contributed by atoms with Gasteiger partial charge in [0.1, 0.15) is 19.0 Å². The molecule has 26 heavy (non-hydrogen) atoms. The van der Waals surface area contributed by atoms with Gasteiger partial charge in [0, 0.05) is 22.8 Å². The maximum absolute atomic E-state index is 13.1. The monoisotopic (exact) mass is 435 g/mol. The maximum Gasteiger partial charge on any atom is 0.191 e. The third-order valence-corrected chi connectivity index (χ3v) is 5.81. The van der Waals surface area contributed by atoms with Gasteiger partial charge in [0.25, 0.3) is 0 Å². The van der Waals surface area contributed by atoms with Gasteiger partial charge in [0.05, 0.1) is 0 Å². The zero-order valence-electron chi connectivity index (χ0n) is 13.9. The fraction of sp³-hybridized carbons (Fsp3) is 0.222. The van der Waals surface area contributed by atoms with Gasteiger partial charge in [-0.3, -0.25) is 0 Å². The van der Waals surface area contributed by atoms with Crippen molar-refractivity contribution in [2.45, 2.75) is 10.9 Å². The van der Waals surface area contributed by atoms with Crippen LogP contribution in [0.1, 0.15) is 5.56 Å². The van der Waals surface area contributed by atoms with E-state index >= 15 is 0 Å². The number of hydrogen-bond acceptors (Lipinski definition) is 5. The number of thioether (sulfide) groups is 1. The molecule has 1 aromatic heterocycles. The molecule has 1 aliphatic heterocycles. The molecule has 2 aromatic carbocycles. The first-order chi connectivity index (χ1) is 12.6. The van der Waals surface area contributed by atoms with Crippen LogP contribution in [0.2, 0.25) is 0 Å². The molecule has 4 rings (SSSR count). The van der Waals surface area contributed by atoms with Crippen LogP contribution in [0.4, 0.5) is 4.39 Å². The third kappa shape index (κ3) is 3.43. The number of hydrogen-bond donors (Lipinski definition) is 0. The summed E-state index contributed by atoms with van der Waals surface area (Å²) in [6, 6.07) is 10.2. The lowest BCUT2D eigenvalue weighted by Crippen LogP contribution is -2.15. The van der Waals surface area contributed by atoms with Crippen LogP contribution in [0.5, 0.6) is 11.5 Å². The van der Waals surface area contributed by atoms with Gasteiger partial charge in [0.2, 0.25) is 0 Å². The first kappa shape index (κ1) is 17.4. The zero-order valence-corrected chi connectivity index (χ0v) is 16.3. The summed E-state index contributed by atoms with van der Waals surface area (Å²) < 4.78 is 27.2. The Morgan fingerprint density at radius 3 is 2.54 bits per heavy atom. The topological polar surface area (TPSA) is 49.2 Å². The van der Waals surface area contributed by atoms with E-state index in [0.29, 0.717) is 24.8 Å². The molecule has 3 aromatic rings. The summed E-state index contributed by atoms with van der Waals surface area (Å²) in [5, 5.41) is 9.27. The van der Waals surface area contributed by atoms with Crippen LogP contribution in [-0.4, -0.2) is 28.0 Å². The minimum Gasteiger partial charge on any atom is -0.486 e. The molecule has 2 heterocycles. The Kier molecular flexibility index (Phi) is 4.86. The SMILES string of the molecule is Cn1c(SCc2cc3c(cc2Br)OCCO3)nnc1-c1ccc(F)cc1. The second-order valence-electron chi connectivity index (χ2n) is 5.75. The molecular formula is C18H15BrFN3O2S. The lowest BCUT2D eigenvalue weighted by atomic mass is 10.2. The van der Waals surface area contributed by atoms with Crippen molar-refractivity contribution in [2.75, 3.05) is 13.2 Å². The van der Waals surface area contributed by atoms with Crippen molar-refractivity contribution in [2.24, 2.45) is 7.05 Å². The van der Waals surface area contributed by atoms with Crippen LogP contribution in [0, 0.1) is 5.82 Å².